The summed E-state index contributed by atoms with van der Waals surface area (Å²) in [5.41, 5.74) is 1.89. The number of likely N-dealkylation sites (N-methyl/N-ethyl adjacent to an activating group) is 1. The number of aryl methyl sites for hydroxylation is 1. The second-order valence-electron chi connectivity index (χ2n) is 6.30. The maximum Gasteiger partial charge on any atom is 0.257 e. The molecule has 2 rings (SSSR count). The molecule has 1 amide bonds. The lowest BCUT2D eigenvalue weighted by atomic mass is 10.1. The van der Waals surface area contributed by atoms with Crippen LogP contribution in [0, 0.1) is 0 Å². The Balaban J connectivity index is 2.05. The van der Waals surface area contributed by atoms with Gasteiger partial charge in [-0.15, -0.1) is 0 Å². The van der Waals surface area contributed by atoms with Gasteiger partial charge in [0.1, 0.15) is 0 Å². The maximum absolute atomic E-state index is 11.7. The SMILES string of the molecule is CCCc1noc(-c2cccc(CN=C(NCC)NCC(=O)N(C)C)c2)n1. The first-order valence-electron chi connectivity index (χ1n) is 9.17. The predicted molar refractivity (Wildman–Crippen MR) is 105 cm³/mol. The molecular weight excluding hydrogens is 344 g/mol. The van der Waals surface area contributed by atoms with Crippen LogP contribution in [0.4, 0.5) is 0 Å². The zero-order valence-corrected chi connectivity index (χ0v) is 16.5. The van der Waals surface area contributed by atoms with Gasteiger partial charge in [-0.05, 0) is 31.0 Å². The van der Waals surface area contributed by atoms with E-state index in [2.05, 4.69) is 32.7 Å². The van der Waals surface area contributed by atoms with Crippen molar-refractivity contribution in [2.45, 2.75) is 33.2 Å². The Morgan fingerprint density at radius 3 is 2.78 bits per heavy atom. The van der Waals surface area contributed by atoms with Crippen molar-refractivity contribution in [3.63, 3.8) is 0 Å². The number of aromatic nitrogens is 2. The van der Waals surface area contributed by atoms with Gasteiger partial charge in [0.2, 0.25) is 5.91 Å². The van der Waals surface area contributed by atoms with Gasteiger partial charge in [0, 0.05) is 32.6 Å². The standard InChI is InChI=1S/C19H28N6O2/c1-5-8-16-23-18(27-24-16)15-10-7-9-14(11-15)12-21-19(20-6-2)22-13-17(26)25(3)4/h7,9-11H,5-6,8,12-13H2,1-4H3,(H2,20,21,22). The quantitative estimate of drug-likeness (QED) is 0.542. The summed E-state index contributed by atoms with van der Waals surface area (Å²) < 4.78 is 5.35. The highest BCUT2D eigenvalue weighted by molar-refractivity contribution is 5.86. The van der Waals surface area contributed by atoms with Crippen molar-refractivity contribution in [3.8, 4) is 11.5 Å². The van der Waals surface area contributed by atoms with E-state index in [0.717, 1.165) is 29.8 Å². The van der Waals surface area contributed by atoms with Gasteiger partial charge < -0.3 is 20.1 Å². The van der Waals surface area contributed by atoms with Gasteiger partial charge in [-0.1, -0.05) is 24.2 Å². The fraction of sp³-hybridized carbons (Fsp3) is 0.474. The number of carbonyl (C=O) groups is 1. The Kier molecular flexibility index (Phi) is 7.79. The summed E-state index contributed by atoms with van der Waals surface area (Å²) in [4.78, 5) is 22.2. The highest BCUT2D eigenvalue weighted by atomic mass is 16.5. The lowest BCUT2D eigenvalue weighted by molar-refractivity contribution is -0.127. The molecule has 0 saturated heterocycles. The minimum Gasteiger partial charge on any atom is -0.357 e. The summed E-state index contributed by atoms with van der Waals surface area (Å²) in [6, 6.07) is 7.86. The third-order valence-electron chi connectivity index (χ3n) is 3.79. The lowest BCUT2D eigenvalue weighted by Crippen LogP contribution is -2.42. The molecule has 0 aliphatic carbocycles. The first-order valence-corrected chi connectivity index (χ1v) is 9.17. The number of amides is 1. The van der Waals surface area contributed by atoms with Crippen molar-refractivity contribution in [2.75, 3.05) is 27.2 Å². The number of hydrogen-bond donors (Lipinski definition) is 2. The van der Waals surface area contributed by atoms with Crippen LogP contribution in [0.2, 0.25) is 0 Å². The molecule has 2 aromatic rings. The first-order chi connectivity index (χ1) is 13.0. The molecule has 8 nitrogen and oxygen atoms in total. The fourth-order valence-electron chi connectivity index (χ4n) is 2.33. The van der Waals surface area contributed by atoms with Gasteiger partial charge in [0.25, 0.3) is 5.89 Å². The van der Waals surface area contributed by atoms with Gasteiger partial charge in [-0.3, -0.25) is 4.79 Å². The van der Waals surface area contributed by atoms with Crippen LogP contribution >= 0.6 is 0 Å². The smallest absolute Gasteiger partial charge is 0.257 e. The predicted octanol–water partition coefficient (Wildman–Crippen LogP) is 1.83. The van der Waals surface area contributed by atoms with E-state index in [9.17, 15) is 4.79 Å². The molecular formula is C19H28N6O2. The number of rotatable bonds is 8. The summed E-state index contributed by atoms with van der Waals surface area (Å²) in [5, 5.41) is 10.2. The van der Waals surface area contributed by atoms with Crippen LogP contribution in [0.5, 0.6) is 0 Å². The van der Waals surface area contributed by atoms with E-state index in [1.165, 1.54) is 4.90 Å². The Morgan fingerprint density at radius 2 is 2.07 bits per heavy atom. The number of hydrogen-bond acceptors (Lipinski definition) is 5. The van der Waals surface area contributed by atoms with Crippen molar-refractivity contribution < 1.29 is 9.32 Å². The fourth-order valence-corrected chi connectivity index (χ4v) is 2.33. The number of nitrogens with zero attached hydrogens (tertiary/aromatic N) is 4. The average Bonchev–Trinajstić information content (AvgIpc) is 3.13. The van der Waals surface area contributed by atoms with Gasteiger partial charge in [-0.25, -0.2) is 4.99 Å². The summed E-state index contributed by atoms with van der Waals surface area (Å²) in [6.07, 6.45) is 1.78. The molecule has 0 fully saturated rings. The molecule has 0 bridgehead atoms. The summed E-state index contributed by atoms with van der Waals surface area (Å²) in [7, 11) is 3.45. The van der Waals surface area contributed by atoms with Gasteiger partial charge in [-0.2, -0.15) is 4.98 Å². The van der Waals surface area contributed by atoms with Crippen LogP contribution in [0.25, 0.3) is 11.5 Å². The Labute approximate surface area is 160 Å². The Bertz CT molecular complexity index is 769. The zero-order chi connectivity index (χ0) is 19.6. The summed E-state index contributed by atoms with van der Waals surface area (Å²) in [6.45, 7) is 5.44. The minimum absolute atomic E-state index is 0.0122. The Hall–Kier alpha value is -2.90. The maximum atomic E-state index is 11.7. The normalized spacial score (nSPS) is 11.3. The first kappa shape index (κ1) is 20.4. The number of guanidine groups is 1. The van der Waals surface area contributed by atoms with E-state index in [0.29, 0.717) is 24.9 Å². The van der Waals surface area contributed by atoms with Crippen molar-refractivity contribution in [2.24, 2.45) is 4.99 Å². The molecule has 1 aromatic heterocycles. The molecule has 2 N–H and O–H groups in total. The lowest BCUT2D eigenvalue weighted by Gasteiger charge is -2.14. The third kappa shape index (κ3) is 6.40. The second kappa shape index (κ2) is 10.3. The highest BCUT2D eigenvalue weighted by Crippen LogP contribution is 2.19. The second-order valence-corrected chi connectivity index (χ2v) is 6.30. The Morgan fingerprint density at radius 1 is 1.26 bits per heavy atom. The highest BCUT2D eigenvalue weighted by Gasteiger charge is 2.09. The molecule has 0 spiro atoms. The molecule has 1 heterocycles. The van der Waals surface area contributed by atoms with Crippen LogP contribution in [0.1, 0.15) is 31.7 Å². The van der Waals surface area contributed by atoms with E-state index in [4.69, 9.17) is 4.52 Å². The topological polar surface area (TPSA) is 95.7 Å². The molecule has 8 heteroatoms. The van der Waals surface area contributed by atoms with Crippen LogP contribution in [0.15, 0.2) is 33.8 Å². The van der Waals surface area contributed by atoms with Gasteiger partial charge >= 0.3 is 0 Å². The van der Waals surface area contributed by atoms with E-state index in [1.807, 2.05) is 31.2 Å². The molecule has 0 radical (unpaired) electrons. The van der Waals surface area contributed by atoms with E-state index >= 15 is 0 Å². The number of carbonyl (C=O) groups excluding carboxylic acids is 1. The molecule has 0 unspecified atom stereocenters. The van der Waals surface area contributed by atoms with Crippen molar-refractivity contribution in [1.82, 2.24) is 25.7 Å². The van der Waals surface area contributed by atoms with Gasteiger partial charge in [0.15, 0.2) is 11.8 Å². The van der Waals surface area contributed by atoms with Crippen LogP contribution in [0.3, 0.4) is 0 Å². The van der Waals surface area contributed by atoms with Crippen molar-refractivity contribution >= 4 is 11.9 Å². The average molecular weight is 372 g/mol. The molecule has 27 heavy (non-hydrogen) atoms. The molecule has 0 aliphatic rings. The number of nitrogens with one attached hydrogen (secondary N) is 2. The summed E-state index contributed by atoms with van der Waals surface area (Å²) in [5.74, 6) is 1.83. The van der Waals surface area contributed by atoms with Crippen LogP contribution < -0.4 is 10.6 Å². The molecule has 0 aliphatic heterocycles. The third-order valence-corrected chi connectivity index (χ3v) is 3.79. The van der Waals surface area contributed by atoms with Crippen LogP contribution in [-0.2, 0) is 17.8 Å². The molecule has 1 aromatic carbocycles. The number of benzene rings is 1. The van der Waals surface area contributed by atoms with E-state index < -0.39 is 0 Å². The van der Waals surface area contributed by atoms with Crippen molar-refractivity contribution in [3.05, 3.63) is 35.7 Å². The minimum atomic E-state index is -0.0122. The van der Waals surface area contributed by atoms with Crippen LogP contribution in [-0.4, -0.2) is 54.1 Å². The monoisotopic (exact) mass is 372 g/mol. The summed E-state index contributed by atoms with van der Waals surface area (Å²) >= 11 is 0. The van der Waals surface area contributed by atoms with E-state index in [-0.39, 0.29) is 12.5 Å². The molecule has 0 saturated carbocycles. The van der Waals surface area contributed by atoms with Crippen molar-refractivity contribution in [1.29, 1.82) is 0 Å². The van der Waals surface area contributed by atoms with Gasteiger partial charge in [0.05, 0.1) is 13.1 Å². The van der Waals surface area contributed by atoms with E-state index in [1.54, 1.807) is 14.1 Å². The molecule has 0 atom stereocenters. The zero-order valence-electron chi connectivity index (χ0n) is 16.5. The number of aliphatic imine (C=N–C) groups is 1. The molecule has 146 valence electrons. The largest absolute Gasteiger partial charge is 0.357 e.